The number of carbonyl (C=O) groups excluding carboxylic acids is 1. The van der Waals surface area contributed by atoms with Gasteiger partial charge in [-0.15, -0.1) is 0 Å². The topological polar surface area (TPSA) is 103 Å². The third-order valence-electron chi connectivity index (χ3n) is 9.75. The van der Waals surface area contributed by atoms with E-state index in [1.165, 1.54) is 6.42 Å². The Labute approximate surface area is 275 Å². The third kappa shape index (κ3) is 5.84. The maximum absolute atomic E-state index is 12.7. The van der Waals surface area contributed by atoms with Crippen LogP contribution in [0.3, 0.4) is 0 Å². The van der Waals surface area contributed by atoms with Gasteiger partial charge in [-0.25, -0.2) is 9.97 Å². The van der Waals surface area contributed by atoms with E-state index >= 15 is 0 Å². The van der Waals surface area contributed by atoms with Gasteiger partial charge in [0.25, 0.3) is 0 Å². The van der Waals surface area contributed by atoms with E-state index in [9.17, 15) is 10.1 Å². The van der Waals surface area contributed by atoms with Crippen LogP contribution in [0.2, 0.25) is 0 Å². The van der Waals surface area contributed by atoms with Crippen molar-refractivity contribution in [1.29, 1.82) is 5.26 Å². The van der Waals surface area contributed by atoms with Crippen LogP contribution >= 0.6 is 0 Å². The Bertz CT molecular complexity index is 2010. The highest BCUT2D eigenvalue weighted by molar-refractivity contribution is 5.85. The van der Waals surface area contributed by atoms with Crippen LogP contribution in [0, 0.1) is 31.1 Å². The molecule has 2 aliphatic heterocycles. The summed E-state index contributed by atoms with van der Waals surface area (Å²) in [6.07, 6.45) is 1.21. The summed E-state index contributed by atoms with van der Waals surface area (Å²) in [5.74, 6) is 2.61. The first-order chi connectivity index (χ1) is 22.7. The highest BCUT2D eigenvalue weighted by atomic mass is 16.4. The first-order valence-corrected chi connectivity index (χ1v) is 16.4. The van der Waals surface area contributed by atoms with Gasteiger partial charge in [0.05, 0.1) is 25.2 Å². The van der Waals surface area contributed by atoms with E-state index in [1.54, 1.807) is 4.90 Å². The zero-order chi connectivity index (χ0) is 32.8. The van der Waals surface area contributed by atoms with E-state index in [4.69, 9.17) is 18.8 Å². The van der Waals surface area contributed by atoms with Gasteiger partial charge < -0.3 is 13.7 Å². The van der Waals surface area contributed by atoms with Gasteiger partial charge in [0, 0.05) is 24.2 Å². The van der Waals surface area contributed by atoms with Gasteiger partial charge in [0.15, 0.2) is 5.58 Å². The molecule has 1 amide bonds. The quantitative estimate of drug-likeness (QED) is 0.182. The Morgan fingerprint density at radius 3 is 2.30 bits per heavy atom. The third-order valence-corrected chi connectivity index (χ3v) is 9.75. The molecule has 0 radical (unpaired) electrons. The van der Waals surface area contributed by atoms with E-state index in [0.29, 0.717) is 54.0 Å². The van der Waals surface area contributed by atoms with Crippen molar-refractivity contribution in [3.8, 4) is 40.1 Å². The fraction of sp³-hybridized carbons (Fsp3) is 0.368. The van der Waals surface area contributed by atoms with Crippen LogP contribution in [0.15, 0.2) is 57.4 Å². The number of likely N-dealkylation sites (N-methyl/N-ethyl adjacent to an activating group) is 1. The molecule has 2 aromatic heterocycles. The van der Waals surface area contributed by atoms with Crippen LogP contribution in [0.5, 0.6) is 0 Å². The van der Waals surface area contributed by atoms with E-state index in [-0.39, 0.29) is 5.91 Å². The van der Waals surface area contributed by atoms with E-state index in [0.717, 1.165) is 76.6 Å². The molecule has 0 unspecified atom stereocenters. The van der Waals surface area contributed by atoms with Gasteiger partial charge in [0.1, 0.15) is 23.0 Å². The van der Waals surface area contributed by atoms with Crippen LogP contribution in [-0.4, -0.2) is 63.8 Å². The second-order valence-corrected chi connectivity index (χ2v) is 13.2. The van der Waals surface area contributed by atoms with Crippen molar-refractivity contribution in [2.24, 2.45) is 5.92 Å². The number of oxazole rings is 2. The van der Waals surface area contributed by atoms with Crippen LogP contribution in [0.25, 0.3) is 45.1 Å². The summed E-state index contributed by atoms with van der Waals surface area (Å²) in [4.78, 5) is 28.7. The standard InChI is InChI=1S/C38H40N6O3/c1-6-42(5)22-35(45)44-20-33-34(21-44)46-37(41-33)30-11-7-9-28(24(30)3)29-10-8-12-31(25(29)4)38-40-32-16-26(15-27(17-39)36(32)47-38)19-43-14-13-23(2)18-43/h7-12,15-16,23H,6,13-14,18-22H2,1-5H3/t23-/m0/s1. The second-order valence-electron chi connectivity index (χ2n) is 13.2. The molecule has 240 valence electrons. The maximum atomic E-state index is 12.7. The van der Waals surface area contributed by atoms with Crippen molar-refractivity contribution in [3.05, 3.63) is 82.2 Å². The number of carbonyl (C=O) groups is 1. The first-order valence-electron chi connectivity index (χ1n) is 16.4. The summed E-state index contributed by atoms with van der Waals surface area (Å²) in [7, 11) is 1.94. The highest BCUT2D eigenvalue weighted by Gasteiger charge is 2.30. The van der Waals surface area contributed by atoms with E-state index < -0.39 is 0 Å². The lowest BCUT2D eigenvalue weighted by atomic mass is 9.91. The number of hydrogen-bond acceptors (Lipinski definition) is 8. The minimum atomic E-state index is 0.0811. The number of hydrogen-bond donors (Lipinski definition) is 0. The zero-order valence-corrected chi connectivity index (χ0v) is 27.8. The number of nitrogens with zero attached hydrogens (tertiary/aromatic N) is 6. The van der Waals surface area contributed by atoms with Crippen LogP contribution in [0.4, 0.5) is 0 Å². The molecule has 4 heterocycles. The average Bonchev–Trinajstić information content (AvgIpc) is 3.85. The molecule has 0 bridgehead atoms. The lowest BCUT2D eigenvalue weighted by Gasteiger charge is -2.19. The van der Waals surface area contributed by atoms with Crippen molar-refractivity contribution >= 4 is 17.0 Å². The minimum absolute atomic E-state index is 0.0811. The van der Waals surface area contributed by atoms with Crippen molar-refractivity contribution in [2.75, 3.05) is 33.2 Å². The number of likely N-dealkylation sites (tertiary alicyclic amines) is 1. The van der Waals surface area contributed by atoms with Gasteiger partial charge in [-0.2, -0.15) is 5.26 Å². The molecule has 0 spiro atoms. The molecule has 0 saturated carbocycles. The Balaban J connectivity index is 1.17. The average molecular weight is 629 g/mol. The number of nitriles is 1. The number of rotatable bonds is 8. The molecule has 9 nitrogen and oxygen atoms in total. The second kappa shape index (κ2) is 12.4. The fourth-order valence-corrected chi connectivity index (χ4v) is 6.90. The predicted molar refractivity (Wildman–Crippen MR) is 181 cm³/mol. The van der Waals surface area contributed by atoms with Gasteiger partial charge in [-0.1, -0.05) is 38.1 Å². The van der Waals surface area contributed by atoms with Gasteiger partial charge in [0.2, 0.25) is 17.7 Å². The Morgan fingerprint density at radius 2 is 1.68 bits per heavy atom. The van der Waals surface area contributed by atoms with Gasteiger partial charge in [-0.3, -0.25) is 14.6 Å². The number of fused-ring (bicyclic) bond motifs is 2. The number of benzene rings is 3. The summed E-state index contributed by atoms with van der Waals surface area (Å²) < 4.78 is 12.6. The molecule has 5 aromatic rings. The summed E-state index contributed by atoms with van der Waals surface area (Å²) in [5.41, 5.74) is 9.67. The number of amides is 1. The van der Waals surface area contributed by atoms with Crippen molar-refractivity contribution in [1.82, 2.24) is 24.7 Å². The van der Waals surface area contributed by atoms with Crippen LogP contribution in [0.1, 0.15) is 54.0 Å². The lowest BCUT2D eigenvalue weighted by molar-refractivity contribution is -0.132. The maximum Gasteiger partial charge on any atom is 0.237 e. The fourth-order valence-electron chi connectivity index (χ4n) is 6.90. The SMILES string of the molecule is CCN(C)CC(=O)N1Cc2nc(-c3cccc(-c4cccc(-c5nc6cc(CN7CC[C@H](C)C7)cc(C#N)c6o5)c4C)c3C)oc2C1. The van der Waals surface area contributed by atoms with Gasteiger partial charge >= 0.3 is 0 Å². The Kier molecular flexibility index (Phi) is 8.16. The normalized spacial score (nSPS) is 16.4. The van der Waals surface area contributed by atoms with Crippen molar-refractivity contribution in [3.63, 3.8) is 0 Å². The Morgan fingerprint density at radius 1 is 1.00 bits per heavy atom. The van der Waals surface area contributed by atoms with Crippen LogP contribution in [-0.2, 0) is 24.4 Å². The molecule has 1 saturated heterocycles. The first kappa shape index (κ1) is 30.9. The van der Waals surface area contributed by atoms with E-state index in [2.05, 4.69) is 49.9 Å². The number of aromatic nitrogens is 2. The molecule has 3 aromatic carbocycles. The van der Waals surface area contributed by atoms with Gasteiger partial charge in [-0.05, 0) is 98.4 Å². The monoisotopic (exact) mass is 628 g/mol. The lowest BCUT2D eigenvalue weighted by Crippen LogP contribution is -2.35. The van der Waals surface area contributed by atoms with E-state index in [1.807, 2.05) is 49.2 Å². The molecule has 0 aliphatic carbocycles. The molecule has 1 fully saturated rings. The Hall–Kier alpha value is -4.78. The molecular weight excluding hydrogens is 588 g/mol. The molecular formula is C38H40N6O3. The molecule has 2 aliphatic rings. The molecule has 47 heavy (non-hydrogen) atoms. The minimum Gasteiger partial charge on any atom is -0.439 e. The largest absolute Gasteiger partial charge is 0.439 e. The predicted octanol–water partition coefficient (Wildman–Crippen LogP) is 6.94. The highest BCUT2D eigenvalue weighted by Crippen LogP contribution is 2.39. The smallest absolute Gasteiger partial charge is 0.237 e. The van der Waals surface area contributed by atoms with Crippen molar-refractivity contribution < 1.29 is 13.6 Å². The molecule has 1 atom stereocenters. The summed E-state index contributed by atoms with van der Waals surface area (Å²) in [5, 5.41) is 9.97. The molecule has 7 rings (SSSR count). The molecule has 0 N–H and O–H groups in total. The summed E-state index contributed by atoms with van der Waals surface area (Å²) in [6, 6.07) is 18.6. The summed E-state index contributed by atoms with van der Waals surface area (Å²) in [6.45, 7) is 13.6. The zero-order valence-electron chi connectivity index (χ0n) is 27.8. The summed E-state index contributed by atoms with van der Waals surface area (Å²) >= 11 is 0. The van der Waals surface area contributed by atoms with Crippen molar-refractivity contribution in [2.45, 2.75) is 53.8 Å². The molecule has 9 heteroatoms. The van der Waals surface area contributed by atoms with Crippen LogP contribution < -0.4 is 0 Å².